The summed E-state index contributed by atoms with van der Waals surface area (Å²) in [4.78, 5) is 2.79. The molecule has 0 spiro atoms. The maximum absolute atomic E-state index is 12.2. The highest BCUT2D eigenvalue weighted by Crippen LogP contribution is 2.37. The van der Waals surface area contributed by atoms with Gasteiger partial charge in [-0.1, -0.05) is 11.6 Å². The number of pyridine rings is 1. The van der Waals surface area contributed by atoms with E-state index in [1.54, 1.807) is 0 Å². The van der Waals surface area contributed by atoms with Crippen molar-refractivity contribution >= 4 is 27.5 Å². The van der Waals surface area contributed by atoms with E-state index in [0.29, 0.717) is 0 Å². The summed E-state index contributed by atoms with van der Waals surface area (Å²) < 4.78 is 60.7. The van der Waals surface area contributed by atoms with Crippen molar-refractivity contribution in [1.29, 1.82) is 0 Å². The molecule has 0 aliphatic heterocycles. The Kier molecular flexibility index (Phi) is 3.55. The first-order valence-electron chi connectivity index (χ1n) is 3.44. The van der Waals surface area contributed by atoms with Gasteiger partial charge in [0, 0.05) is 4.47 Å². The Bertz CT molecular complexity index is 378. The van der Waals surface area contributed by atoms with Gasteiger partial charge >= 0.3 is 6.18 Å². The fourth-order valence-corrected chi connectivity index (χ4v) is 1.74. The molecular formula is C7H2BrClF5N. The van der Waals surface area contributed by atoms with Crippen molar-refractivity contribution in [3.63, 3.8) is 0 Å². The van der Waals surface area contributed by atoms with Gasteiger partial charge in [-0.05, 0) is 22.0 Å². The second kappa shape index (κ2) is 4.21. The fourth-order valence-electron chi connectivity index (χ4n) is 0.833. The van der Waals surface area contributed by atoms with Crippen LogP contribution in [0.1, 0.15) is 17.8 Å². The van der Waals surface area contributed by atoms with Crippen LogP contribution in [0.5, 0.6) is 0 Å². The molecule has 0 aliphatic carbocycles. The van der Waals surface area contributed by atoms with Gasteiger partial charge < -0.3 is 0 Å². The lowest BCUT2D eigenvalue weighted by atomic mass is 10.3. The Morgan fingerprint density at radius 1 is 1.33 bits per heavy atom. The molecule has 0 unspecified atom stereocenters. The zero-order chi connectivity index (χ0) is 11.8. The highest BCUT2D eigenvalue weighted by atomic mass is 79.9. The Morgan fingerprint density at radius 3 is 2.27 bits per heavy atom. The Hall–Kier alpha value is -0.430. The molecule has 0 aromatic carbocycles. The van der Waals surface area contributed by atoms with Crippen LogP contribution in [-0.2, 0) is 6.18 Å². The molecule has 0 amide bonds. The Labute approximate surface area is 94.4 Å². The van der Waals surface area contributed by atoms with Gasteiger partial charge in [-0.25, -0.2) is 13.8 Å². The largest absolute Gasteiger partial charge is 0.434 e. The van der Waals surface area contributed by atoms with Crippen molar-refractivity contribution in [2.24, 2.45) is 0 Å². The molecular weight excluding hydrogens is 308 g/mol. The number of hydrogen-bond donors (Lipinski definition) is 0. The molecule has 84 valence electrons. The molecule has 1 rings (SSSR count). The van der Waals surface area contributed by atoms with Crippen LogP contribution in [0.15, 0.2) is 10.5 Å². The van der Waals surface area contributed by atoms with E-state index in [1.165, 1.54) is 0 Å². The van der Waals surface area contributed by atoms with Crippen molar-refractivity contribution in [3.8, 4) is 0 Å². The molecule has 0 aliphatic rings. The van der Waals surface area contributed by atoms with Crippen molar-refractivity contribution < 1.29 is 22.0 Å². The summed E-state index contributed by atoms with van der Waals surface area (Å²) in [6.07, 6.45) is -7.95. The van der Waals surface area contributed by atoms with Gasteiger partial charge in [-0.3, -0.25) is 0 Å². The quantitative estimate of drug-likeness (QED) is 0.698. The minimum Gasteiger partial charge on any atom is -0.240 e. The summed E-state index contributed by atoms with van der Waals surface area (Å²) in [6, 6.07) is 0.749. The van der Waals surface area contributed by atoms with Gasteiger partial charge in [-0.15, -0.1) is 0 Å². The summed E-state index contributed by atoms with van der Waals surface area (Å²) in [5, 5.41) is -0.509. The van der Waals surface area contributed by atoms with E-state index in [-0.39, 0.29) is 0 Å². The van der Waals surface area contributed by atoms with Crippen LogP contribution in [0.3, 0.4) is 0 Å². The number of nitrogens with zero attached hydrogens (tertiary/aromatic N) is 1. The van der Waals surface area contributed by atoms with Crippen LogP contribution in [0.2, 0.25) is 5.02 Å². The van der Waals surface area contributed by atoms with Crippen LogP contribution in [0.25, 0.3) is 0 Å². The van der Waals surface area contributed by atoms with Gasteiger partial charge in [0.1, 0.15) is 5.69 Å². The molecule has 15 heavy (non-hydrogen) atoms. The molecule has 0 N–H and O–H groups in total. The number of aromatic nitrogens is 1. The molecule has 0 atom stereocenters. The van der Waals surface area contributed by atoms with Gasteiger partial charge in [0.25, 0.3) is 6.43 Å². The van der Waals surface area contributed by atoms with Gasteiger partial charge in [0.15, 0.2) is 5.69 Å². The maximum Gasteiger partial charge on any atom is 0.434 e. The molecule has 1 aromatic rings. The molecule has 1 heterocycles. The molecule has 1 aromatic heterocycles. The third-order valence-corrected chi connectivity index (χ3v) is 2.34. The van der Waals surface area contributed by atoms with Gasteiger partial charge in [0.05, 0.1) is 5.02 Å². The van der Waals surface area contributed by atoms with Gasteiger partial charge in [0.2, 0.25) is 0 Å². The molecule has 0 saturated heterocycles. The first kappa shape index (κ1) is 12.6. The van der Waals surface area contributed by atoms with Crippen molar-refractivity contribution in [2.75, 3.05) is 0 Å². The molecule has 0 radical (unpaired) electrons. The Balaban J connectivity index is 3.37. The lowest BCUT2D eigenvalue weighted by Gasteiger charge is -2.10. The maximum atomic E-state index is 12.2. The number of hydrogen-bond acceptors (Lipinski definition) is 1. The lowest BCUT2D eigenvalue weighted by Crippen LogP contribution is -2.11. The van der Waals surface area contributed by atoms with Crippen molar-refractivity contribution in [2.45, 2.75) is 12.6 Å². The molecule has 0 fully saturated rings. The van der Waals surface area contributed by atoms with Crippen molar-refractivity contribution in [3.05, 3.63) is 26.9 Å². The normalized spacial score (nSPS) is 12.3. The van der Waals surface area contributed by atoms with E-state index in [9.17, 15) is 22.0 Å². The third kappa shape index (κ3) is 2.78. The van der Waals surface area contributed by atoms with E-state index >= 15 is 0 Å². The average Bonchev–Trinajstić information content (AvgIpc) is 2.00. The van der Waals surface area contributed by atoms with Crippen LogP contribution < -0.4 is 0 Å². The Morgan fingerprint density at radius 2 is 1.87 bits per heavy atom. The summed E-state index contributed by atoms with van der Waals surface area (Å²) in [5.74, 6) is 0. The van der Waals surface area contributed by atoms with E-state index in [0.717, 1.165) is 6.07 Å². The van der Waals surface area contributed by atoms with E-state index in [2.05, 4.69) is 20.9 Å². The van der Waals surface area contributed by atoms with E-state index in [4.69, 9.17) is 11.6 Å². The molecule has 8 heteroatoms. The number of halogens is 7. The highest BCUT2D eigenvalue weighted by Gasteiger charge is 2.36. The number of rotatable bonds is 1. The predicted molar refractivity (Wildman–Crippen MR) is 46.9 cm³/mol. The molecule has 0 bridgehead atoms. The zero-order valence-corrected chi connectivity index (χ0v) is 9.09. The number of alkyl halides is 5. The predicted octanol–water partition coefficient (Wildman–Crippen LogP) is 4.45. The average molecular weight is 310 g/mol. The van der Waals surface area contributed by atoms with Gasteiger partial charge in [-0.2, -0.15) is 13.2 Å². The lowest BCUT2D eigenvalue weighted by molar-refractivity contribution is -0.142. The third-order valence-electron chi connectivity index (χ3n) is 1.43. The second-order valence-corrected chi connectivity index (χ2v) is 3.75. The van der Waals surface area contributed by atoms with Crippen LogP contribution in [-0.4, -0.2) is 4.98 Å². The molecule has 1 nitrogen and oxygen atoms in total. The standard InChI is InChI=1S/C7H2BrClF5N/c8-2-1-3(9)4(6(10)11)15-5(2)7(12,13)14/h1,6H. The van der Waals surface area contributed by atoms with E-state index in [1.807, 2.05) is 0 Å². The first-order chi connectivity index (χ1) is 6.73. The zero-order valence-electron chi connectivity index (χ0n) is 6.75. The monoisotopic (exact) mass is 309 g/mol. The molecule has 0 saturated carbocycles. The summed E-state index contributed by atoms with van der Waals surface area (Å²) >= 11 is 7.86. The minimum absolute atomic E-state index is 0.468. The second-order valence-electron chi connectivity index (χ2n) is 2.48. The van der Waals surface area contributed by atoms with Crippen LogP contribution in [0, 0.1) is 0 Å². The van der Waals surface area contributed by atoms with Crippen molar-refractivity contribution in [1.82, 2.24) is 4.98 Å². The first-order valence-corrected chi connectivity index (χ1v) is 4.62. The van der Waals surface area contributed by atoms with Crippen LogP contribution >= 0.6 is 27.5 Å². The minimum atomic E-state index is -4.80. The van der Waals surface area contributed by atoms with Crippen LogP contribution in [0.4, 0.5) is 22.0 Å². The topological polar surface area (TPSA) is 12.9 Å². The summed E-state index contributed by atoms with van der Waals surface area (Å²) in [7, 11) is 0. The summed E-state index contributed by atoms with van der Waals surface area (Å²) in [6.45, 7) is 0. The fraction of sp³-hybridized carbons (Fsp3) is 0.286. The SMILES string of the molecule is FC(F)c1nc(C(F)(F)F)c(Br)cc1Cl. The summed E-state index contributed by atoms with van der Waals surface area (Å²) in [5.41, 5.74) is -2.49. The smallest absolute Gasteiger partial charge is 0.240 e. The highest BCUT2D eigenvalue weighted by molar-refractivity contribution is 9.10. The van der Waals surface area contributed by atoms with E-state index < -0.39 is 33.5 Å².